The molecule has 1 atom stereocenters. The molecule has 3 heterocycles. The molecular formula is C17H24N2O2. The van der Waals surface area contributed by atoms with E-state index in [1.807, 2.05) is 0 Å². The number of likely N-dealkylation sites (tertiary alicyclic amines) is 1. The molecule has 114 valence electrons. The fourth-order valence-electron chi connectivity index (χ4n) is 3.94. The fraction of sp³-hybridized carbons (Fsp3) is 0.647. The maximum atomic E-state index is 5.53. The van der Waals surface area contributed by atoms with Gasteiger partial charge in [0.2, 0.25) is 6.79 Å². The van der Waals surface area contributed by atoms with Gasteiger partial charge in [-0.05, 0) is 68.9 Å². The normalized spacial score (nSPS) is 26.4. The van der Waals surface area contributed by atoms with Gasteiger partial charge in [0.25, 0.3) is 0 Å². The lowest BCUT2D eigenvalue weighted by Gasteiger charge is -2.31. The van der Waals surface area contributed by atoms with Gasteiger partial charge in [-0.25, -0.2) is 0 Å². The van der Waals surface area contributed by atoms with Crippen molar-refractivity contribution in [2.24, 2.45) is 5.92 Å². The molecule has 4 rings (SSSR count). The number of hydrogen-bond donors (Lipinski definition) is 1. The molecule has 0 spiro atoms. The monoisotopic (exact) mass is 288 g/mol. The van der Waals surface area contributed by atoms with Crippen LogP contribution in [0.2, 0.25) is 0 Å². The predicted octanol–water partition coefficient (Wildman–Crippen LogP) is 2.55. The predicted molar refractivity (Wildman–Crippen MR) is 81.7 cm³/mol. The molecule has 2 saturated heterocycles. The second-order valence-electron chi connectivity index (χ2n) is 6.46. The van der Waals surface area contributed by atoms with E-state index in [-0.39, 0.29) is 0 Å². The topological polar surface area (TPSA) is 33.7 Å². The molecule has 0 aliphatic carbocycles. The first-order valence-electron chi connectivity index (χ1n) is 8.24. The van der Waals surface area contributed by atoms with Crippen molar-refractivity contribution in [3.8, 4) is 11.5 Å². The van der Waals surface area contributed by atoms with Crippen LogP contribution < -0.4 is 14.8 Å². The zero-order valence-corrected chi connectivity index (χ0v) is 12.5. The summed E-state index contributed by atoms with van der Waals surface area (Å²) in [7, 11) is 0. The van der Waals surface area contributed by atoms with Crippen molar-refractivity contribution in [2.75, 3.05) is 33.0 Å². The molecular weight excluding hydrogens is 264 g/mol. The molecule has 0 aromatic heterocycles. The number of nitrogens with zero attached hydrogens (tertiary/aromatic N) is 1. The van der Waals surface area contributed by atoms with Gasteiger partial charge in [0, 0.05) is 12.6 Å². The van der Waals surface area contributed by atoms with Gasteiger partial charge in [-0.2, -0.15) is 0 Å². The number of hydrogen-bond acceptors (Lipinski definition) is 4. The van der Waals surface area contributed by atoms with Crippen molar-refractivity contribution in [3.63, 3.8) is 0 Å². The first-order valence-corrected chi connectivity index (χ1v) is 8.24. The second-order valence-corrected chi connectivity index (χ2v) is 6.46. The van der Waals surface area contributed by atoms with Gasteiger partial charge in [-0.15, -0.1) is 0 Å². The van der Waals surface area contributed by atoms with Crippen molar-refractivity contribution in [1.29, 1.82) is 0 Å². The molecule has 4 nitrogen and oxygen atoms in total. The van der Waals surface area contributed by atoms with Gasteiger partial charge in [-0.3, -0.25) is 4.90 Å². The van der Waals surface area contributed by atoms with Gasteiger partial charge < -0.3 is 14.8 Å². The van der Waals surface area contributed by atoms with Crippen LogP contribution in [0, 0.1) is 5.92 Å². The third kappa shape index (κ3) is 2.74. The Balaban J connectivity index is 1.48. The van der Waals surface area contributed by atoms with E-state index in [2.05, 4.69) is 28.4 Å². The van der Waals surface area contributed by atoms with Gasteiger partial charge in [0.1, 0.15) is 0 Å². The molecule has 0 radical (unpaired) electrons. The summed E-state index contributed by atoms with van der Waals surface area (Å²) in [5.74, 6) is 2.67. The largest absolute Gasteiger partial charge is 0.454 e. The van der Waals surface area contributed by atoms with Crippen molar-refractivity contribution < 1.29 is 9.47 Å². The summed E-state index contributed by atoms with van der Waals surface area (Å²) in [5.41, 5.74) is 1.39. The molecule has 4 heteroatoms. The van der Waals surface area contributed by atoms with E-state index >= 15 is 0 Å². The number of nitrogens with one attached hydrogen (secondary N) is 1. The van der Waals surface area contributed by atoms with Crippen molar-refractivity contribution in [3.05, 3.63) is 23.8 Å². The van der Waals surface area contributed by atoms with E-state index in [0.29, 0.717) is 12.8 Å². The number of piperidine rings is 1. The molecule has 2 fully saturated rings. The summed E-state index contributed by atoms with van der Waals surface area (Å²) < 4.78 is 11.0. The lowest BCUT2D eigenvalue weighted by Crippen LogP contribution is -2.36. The first kappa shape index (κ1) is 13.4. The molecule has 3 aliphatic rings. The van der Waals surface area contributed by atoms with Crippen LogP contribution in [0.3, 0.4) is 0 Å². The van der Waals surface area contributed by atoms with Crippen LogP contribution in [-0.4, -0.2) is 37.9 Å². The molecule has 1 aromatic rings. The lowest BCUT2D eigenvalue weighted by molar-refractivity contribution is 0.173. The Hall–Kier alpha value is -1.26. The molecule has 21 heavy (non-hydrogen) atoms. The van der Waals surface area contributed by atoms with Crippen molar-refractivity contribution in [2.45, 2.75) is 31.7 Å². The quantitative estimate of drug-likeness (QED) is 0.927. The third-order valence-corrected chi connectivity index (χ3v) is 5.10. The summed E-state index contributed by atoms with van der Waals surface area (Å²) in [5, 5.41) is 3.46. The van der Waals surface area contributed by atoms with Crippen LogP contribution in [0.25, 0.3) is 0 Å². The fourth-order valence-corrected chi connectivity index (χ4v) is 3.94. The Morgan fingerprint density at radius 2 is 1.95 bits per heavy atom. The van der Waals surface area contributed by atoms with Gasteiger partial charge >= 0.3 is 0 Å². The van der Waals surface area contributed by atoms with E-state index in [0.717, 1.165) is 17.4 Å². The Kier molecular flexibility index (Phi) is 3.74. The minimum absolute atomic E-state index is 0.363. The van der Waals surface area contributed by atoms with Crippen LogP contribution in [-0.2, 0) is 0 Å². The minimum Gasteiger partial charge on any atom is -0.454 e. The van der Waals surface area contributed by atoms with E-state index in [4.69, 9.17) is 9.47 Å². The Morgan fingerprint density at radius 1 is 1.10 bits per heavy atom. The molecule has 1 aromatic carbocycles. The Morgan fingerprint density at radius 3 is 2.86 bits per heavy atom. The summed E-state index contributed by atoms with van der Waals surface area (Å²) >= 11 is 0. The van der Waals surface area contributed by atoms with Crippen molar-refractivity contribution >= 4 is 0 Å². The molecule has 1 unspecified atom stereocenters. The number of fused-ring (bicyclic) bond motifs is 1. The average molecular weight is 288 g/mol. The Bertz CT molecular complexity index is 500. The van der Waals surface area contributed by atoms with Crippen molar-refractivity contribution in [1.82, 2.24) is 10.2 Å². The van der Waals surface area contributed by atoms with E-state index in [9.17, 15) is 0 Å². The average Bonchev–Trinajstić information content (AvgIpc) is 3.16. The van der Waals surface area contributed by atoms with Gasteiger partial charge in [-0.1, -0.05) is 6.07 Å². The highest BCUT2D eigenvalue weighted by Crippen LogP contribution is 2.39. The SMILES string of the molecule is c1cc2c(cc1C1CCCN1CC1CCNCC1)OCO2. The van der Waals surface area contributed by atoms with E-state index in [1.165, 1.54) is 57.4 Å². The number of ether oxygens (including phenoxy) is 2. The highest BCUT2D eigenvalue weighted by molar-refractivity contribution is 5.45. The minimum atomic E-state index is 0.363. The zero-order chi connectivity index (χ0) is 14.1. The maximum Gasteiger partial charge on any atom is 0.231 e. The number of benzene rings is 1. The van der Waals surface area contributed by atoms with Crippen LogP contribution in [0.15, 0.2) is 18.2 Å². The summed E-state index contributed by atoms with van der Waals surface area (Å²) in [4.78, 5) is 2.69. The summed E-state index contributed by atoms with van der Waals surface area (Å²) in [6.45, 7) is 5.23. The zero-order valence-electron chi connectivity index (χ0n) is 12.5. The molecule has 0 amide bonds. The highest BCUT2D eigenvalue weighted by atomic mass is 16.7. The van der Waals surface area contributed by atoms with Crippen LogP contribution in [0.4, 0.5) is 0 Å². The molecule has 0 saturated carbocycles. The van der Waals surface area contributed by atoms with Gasteiger partial charge in [0.05, 0.1) is 0 Å². The van der Waals surface area contributed by atoms with E-state index < -0.39 is 0 Å². The Labute approximate surface area is 126 Å². The molecule has 1 N–H and O–H groups in total. The lowest BCUT2D eigenvalue weighted by atomic mass is 9.96. The van der Waals surface area contributed by atoms with E-state index in [1.54, 1.807) is 0 Å². The summed E-state index contributed by atoms with van der Waals surface area (Å²) in [6.07, 6.45) is 5.23. The molecule has 3 aliphatic heterocycles. The maximum absolute atomic E-state index is 5.53. The van der Waals surface area contributed by atoms with Gasteiger partial charge in [0.15, 0.2) is 11.5 Å². The van der Waals surface area contributed by atoms with Crippen LogP contribution >= 0.6 is 0 Å². The van der Waals surface area contributed by atoms with Crippen LogP contribution in [0.5, 0.6) is 11.5 Å². The summed E-state index contributed by atoms with van der Waals surface area (Å²) in [6, 6.07) is 7.04. The molecule has 0 bridgehead atoms. The number of rotatable bonds is 3. The standard InChI is InChI=1S/C17H24N2O2/c1-2-15(14-3-4-16-17(10-14)21-12-20-16)19(9-1)11-13-5-7-18-8-6-13/h3-4,10,13,15,18H,1-2,5-9,11-12H2. The third-order valence-electron chi connectivity index (χ3n) is 5.10. The first-order chi connectivity index (χ1) is 10.4. The second kappa shape index (κ2) is 5.85. The highest BCUT2D eigenvalue weighted by Gasteiger charge is 2.29. The smallest absolute Gasteiger partial charge is 0.231 e. The van der Waals surface area contributed by atoms with Crippen LogP contribution in [0.1, 0.15) is 37.3 Å².